The number of nitriles is 1. The van der Waals surface area contributed by atoms with Crippen LogP contribution in [-0.2, 0) is 6.54 Å². The minimum absolute atomic E-state index is 0.141. The molecular weight excluding hydrogens is 256 g/mol. The smallest absolute Gasteiger partial charge is 0.252 e. The third-order valence-corrected chi connectivity index (χ3v) is 2.75. The van der Waals surface area contributed by atoms with Crippen LogP contribution in [0.25, 0.3) is 0 Å². The SMILES string of the molecule is N#Cc1ncn(Cc2cc(Cl)c3c(c2)OCO3)n1. The first-order valence-electron chi connectivity index (χ1n) is 5.14. The molecule has 1 aliphatic rings. The Hall–Kier alpha value is -2.26. The predicted octanol–water partition coefficient (Wildman–Crippen LogP) is 1.58. The summed E-state index contributed by atoms with van der Waals surface area (Å²) in [5.74, 6) is 1.33. The van der Waals surface area contributed by atoms with E-state index in [4.69, 9.17) is 26.3 Å². The third kappa shape index (κ3) is 1.85. The van der Waals surface area contributed by atoms with Crippen molar-refractivity contribution in [2.24, 2.45) is 0 Å². The van der Waals surface area contributed by atoms with Crippen molar-refractivity contribution in [3.63, 3.8) is 0 Å². The number of nitrogens with zero attached hydrogens (tertiary/aromatic N) is 4. The molecule has 7 heteroatoms. The van der Waals surface area contributed by atoms with Gasteiger partial charge in [0.05, 0.1) is 11.6 Å². The summed E-state index contributed by atoms with van der Waals surface area (Å²) in [7, 11) is 0. The number of hydrogen-bond donors (Lipinski definition) is 0. The Morgan fingerprint density at radius 1 is 1.44 bits per heavy atom. The molecule has 0 radical (unpaired) electrons. The highest BCUT2D eigenvalue weighted by Gasteiger charge is 2.18. The number of halogens is 1. The zero-order valence-electron chi connectivity index (χ0n) is 9.13. The average Bonchev–Trinajstić information content (AvgIpc) is 2.97. The molecule has 18 heavy (non-hydrogen) atoms. The molecule has 0 saturated heterocycles. The highest BCUT2D eigenvalue weighted by Crippen LogP contribution is 2.39. The van der Waals surface area contributed by atoms with Crippen LogP contribution in [0, 0.1) is 11.3 Å². The second kappa shape index (κ2) is 4.20. The van der Waals surface area contributed by atoms with E-state index in [0.29, 0.717) is 23.1 Å². The fourth-order valence-corrected chi connectivity index (χ4v) is 2.01. The topological polar surface area (TPSA) is 73.0 Å². The lowest BCUT2D eigenvalue weighted by molar-refractivity contribution is 0.174. The Bertz CT molecular complexity index is 647. The summed E-state index contributed by atoms with van der Waals surface area (Å²) in [6.45, 7) is 0.644. The highest BCUT2D eigenvalue weighted by molar-refractivity contribution is 6.32. The van der Waals surface area contributed by atoms with Gasteiger partial charge in [0, 0.05) is 0 Å². The predicted molar refractivity (Wildman–Crippen MR) is 61.4 cm³/mol. The zero-order valence-corrected chi connectivity index (χ0v) is 9.89. The number of aromatic nitrogens is 3. The number of rotatable bonds is 2. The lowest BCUT2D eigenvalue weighted by Gasteiger charge is -2.04. The zero-order chi connectivity index (χ0) is 12.5. The molecule has 1 aliphatic heterocycles. The molecule has 2 heterocycles. The normalized spacial score (nSPS) is 12.4. The molecule has 0 saturated carbocycles. The molecule has 0 aliphatic carbocycles. The largest absolute Gasteiger partial charge is 0.454 e. The van der Waals surface area contributed by atoms with E-state index in [1.807, 2.05) is 12.1 Å². The molecule has 0 bridgehead atoms. The highest BCUT2D eigenvalue weighted by atomic mass is 35.5. The number of benzene rings is 1. The van der Waals surface area contributed by atoms with Gasteiger partial charge in [-0.15, -0.1) is 5.10 Å². The first kappa shape index (κ1) is 10.9. The molecule has 6 nitrogen and oxygen atoms in total. The van der Waals surface area contributed by atoms with Crippen molar-refractivity contribution in [1.29, 1.82) is 5.26 Å². The van der Waals surface area contributed by atoms with Gasteiger partial charge in [0.1, 0.15) is 12.4 Å². The van der Waals surface area contributed by atoms with Crippen LogP contribution in [0.2, 0.25) is 5.02 Å². The van der Waals surface area contributed by atoms with Gasteiger partial charge in [-0.05, 0) is 17.7 Å². The average molecular weight is 263 g/mol. The van der Waals surface area contributed by atoms with Gasteiger partial charge in [-0.25, -0.2) is 9.67 Å². The van der Waals surface area contributed by atoms with Gasteiger partial charge in [-0.2, -0.15) is 5.26 Å². The van der Waals surface area contributed by atoms with Gasteiger partial charge in [0.15, 0.2) is 11.5 Å². The molecular formula is C11H7ClN4O2. The maximum absolute atomic E-state index is 8.64. The van der Waals surface area contributed by atoms with Crippen molar-refractivity contribution in [2.75, 3.05) is 6.79 Å². The molecule has 1 aromatic heterocycles. The van der Waals surface area contributed by atoms with Crippen molar-refractivity contribution in [3.8, 4) is 17.6 Å². The molecule has 0 N–H and O–H groups in total. The Morgan fingerprint density at radius 3 is 3.11 bits per heavy atom. The molecule has 90 valence electrons. The van der Waals surface area contributed by atoms with Gasteiger partial charge in [-0.1, -0.05) is 11.6 Å². The van der Waals surface area contributed by atoms with Crippen LogP contribution in [0.15, 0.2) is 18.5 Å². The number of hydrogen-bond acceptors (Lipinski definition) is 5. The van der Waals surface area contributed by atoms with Crippen molar-refractivity contribution in [3.05, 3.63) is 34.9 Å². The Kier molecular flexibility index (Phi) is 2.54. The van der Waals surface area contributed by atoms with Gasteiger partial charge in [-0.3, -0.25) is 0 Å². The van der Waals surface area contributed by atoms with Gasteiger partial charge >= 0.3 is 0 Å². The van der Waals surface area contributed by atoms with Crippen molar-refractivity contribution in [2.45, 2.75) is 6.54 Å². The fourth-order valence-electron chi connectivity index (χ4n) is 1.72. The van der Waals surface area contributed by atoms with E-state index in [1.54, 1.807) is 10.7 Å². The lowest BCUT2D eigenvalue weighted by atomic mass is 10.2. The minimum Gasteiger partial charge on any atom is -0.454 e. The van der Waals surface area contributed by atoms with Crippen LogP contribution >= 0.6 is 11.6 Å². The summed E-state index contributed by atoms with van der Waals surface area (Å²) < 4.78 is 12.1. The Morgan fingerprint density at radius 2 is 2.33 bits per heavy atom. The minimum atomic E-state index is 0.141. The molecule has 0 amide bonds. The Balaban J connectivity index is 1.89. The van der Waals surface area contributed by atoms with E-state index in [1.165, 1.54) is 6.33 Å². The van der Waals surface area contributed by atoms with E-state index in [-0.39, 0.29) is 12.6 Å². The second-order valence-electron chi connectivity index (χ2n) is 3.69. The van der Waals surface area contributed by atoms with Gasteiger partial charge in [0.25, 0.3) is 5.82 Å². The van der Waals surface area contributed by atoms with Crippen LogP contribution in [0.1, 0.15) is 11.4 Å². The quantitative estimate of drug-likeness (QED) is 0.821. The molecule has 0 spiro atoms. The van der Waals surface area contributed by atoms with Crippen LogP contribution in [0.5, 0.6) is 11.5 Å². The summed E-state index contributed by atoms with van der Waals surface area (Å²) in [6, 6.07) is 5.49. The standard InChI is InChI=1S/C11H7ClN4O2/c12-8-1-7(2-9-11(8)18-6-17-9)4-16-5-14-10(3-13)15-16/h1-2,5H,4,6H2. The number of ether oxygens (including phenoxy) is 2. The van der Waals surface area contributed by atoms with Crippen LogP contribution in [-0.4, -0.2) is 21.6 Å². The summed E-state index contributed by atoms with van der Waals surface area (Å²) in [6.07, 6.45) is 1.50. The maximum Gasteiger partial charge on any atom is 0.252 e. The van der Waals surface area contributed by atoms with Crippen LogP contribution in [0.4, 0.5) is 0 Å². The molecule has 0 atom stereocenters. The summed E-state index contributed by atoms with van der Waals surface area (Å²) in [5, 5.41) is 13.1. The summed E-state index contributed by atoms with van der Waals surface area (Å²) >= 11 is 6.07. The summed E-state index contributed by atoms with van der Waals surface area (Å²) in [4.78, 5) is 3.83. The molecule has 1 aromatic carbocycles. The molecule has 0 fully saturated rings. The molecule has 2 aromatic rings. The monoisotopic (exact) mass is 262 g/mol. The fraction of sp³-hybridized carbons (Fsp3) is 0.182. The van der Waals surface area contributed by atoms with E-state index in [2.05, 4.69) is 10.1 Å². The van der Waals surface area contributed by atoms with E-state index in [0.717, 1.165) is 5.56 Å². The number of fused-ring (bicyclic) bond motifs is 1. The van der Waals surface area contributed by atoms with Crippen molar-refractivity contribution >= 4 is 11.6 Å². The van der Waals surface area contributed by atoms with E-state index < -0.39 is 0 Å². The maximum atomic E-state index is 8.64. The second-order valence-corrected chi connectivity index (χ2v) is 4.10. The van der Waals surface area contributed by atoms with E-state index in [9.17, 15) is 0 Å². The van der Waals surface area contributed by atoms with Crippen LogP contribution in [0.3, 0.4) is 0 Å². The first-order chi connectivity index (χ1) is 8.76. The molecule has 3 rings (SSSR count). The van der Waals surface area contributed by atoms with Crippen LogP contribution < -0.4 is 9.47 Å². The lowest BCUT2D eigenvalue weighted by Crippen LogP contribution is -2.00. The Labute approximate surface area is 107 Å². The van der Waals surface area contributed by atoms with E-state index >= 15 is 0 Å². The summed E-state index contributed by atoms with van der Waals surface area (Å²) in [5.41, 5.74) is 0.902. The molecule has 0 unspecified atom stereocenters. The van der Waals surface area contributed by atoms with Gasteiger partial charge < -0.3 is 9.47 Å². The van der Waals surface area contributed by atoms with Gasteiger partial charge in [0.2, 0.25) is 6.79 Å². The van der Waals surface area contributed by atoms with Crippen molar-refractivity contribution < 1.29 is 9.47 Å². The third-order valence-electron chi connectivity index (χ3n) is 2.47. The first-order valence-corrected chi connectivity index (χ1v) is 5.51. The van der Waals surface area contributed by atoms with Crippen molar-refractivity contribution in [1.82, 2.24) is 14.8 Å².